The van der Waals surface area contributed by atoms with E-state index in [1.807, 2.05) is 62.2 Å². The Hall–Kier alpha value is -5.78. The van der Waals surface area contributed by atoms with Crippen molar-refractivity contribution in [3.05, 3.63) is 105 Å². The van der Waals surface area contributed by atoms with Gasteiger partial charge in [-0.05, 0) is 79.8 Å². The third-order valence-corrected chi connectivity index (χ3v) is 15.1. The minimum absolute atomic E-state index is 0.0225. The zero-order chi connectivity index (χ0) is 44.8. The van der Waals surface area contributed by atoms with E-state index < -0.39 is 59.1 Å². The highest BCUT2D eigenvalue weighted by Crippen LogP contribution is 2.64. The minimum atomic E-state index is -1.44. The van der Waals surface area contributed by atoms with Crippen LogP contribution in [0.1, 0.15) is 74.3 Å². The lowest BCUT2D eigenvalue weighted by Gasteiger charge is -2.62. The number of hydrogen-bond donors (Lipinski definition) is 3. The van der Waals surface area contributed by atoms with Crippen LogP contribution in [0.3, 0.4) is 0 Å². The van der Waals surface area contributed by atoms with Crippen LogP contribution in [0.2, 0.25) is 0 Å². The molecular weight excluding hydrogens is 843 g/mol. The van der Waals surface area contributed by atoms with Crippen molar-refractivity contribution >= 4 is 35.7 Å². The number of methoxy groups -OCH3 is 2. The molecule has 3 N–H and O–H groups in total. The first-order chi connectivity index (χ1) is 30.9. The van der Waals surface area contributed by atoms with E-state index in [0.29, 0.717) is 70.2 Å². The lowest BCUT2D eigenvalue weighted by Crippen LogP contribution is -2.70. The number of fused-ring (bicyclic) bond motifs is 9. The summed E-state index contributed by atoms with van der Waals surface area (Å²) in [5.74, 6) is 0.421. The smallest absolute Gasteiger partial charge is 0.336 e. The third-order valence-electron chi connectivity index (χ3n) is 13.7. The summed E-state index contributed by atoms with van der Waals surface area (Å²) in [6.45, 7) is 5.13. The molecular formula is C48H49N3O12S. The molecule has 7 aliphatic heterocycles. The van der Waals surface area contributed by atoms with Gasteiger partial charge >= 0.3 is 17.9 Å². The van der Waals surface area contributed by atoms with Gasteiger partial charge in [0.05, 0.1) is 37.6 Å². The number of nitrogens with zero attached hydrogens (tertiary/aromatic N) is 2. The molecule has 64 heavy (non-hydrogen) atoms. The fraction of sp³-hybridized carbons (Fsp3) is 0.396. The number of nitrogens with one attached hydrogen (secondary N) is 1. The number of carbonyl (C=O) groups excluding carboxylic acids is 3. The zero-order valence-corrected chi connectivity index (χ0v) is 37.1. The van der Waals surface area contributed by atoms with E-state index in [9.17, 15) is 19.8 Å². The van der Waals surface area contributed by atoms with E-state index in [1.54, 1.807) is 18.2 Å². The second kappa shape index (κ2) is 16.0. The molecule has 1 spiro atoms. The summed E-state index contributed by atoms with van der Waals surface area (Å²) in [5.41, 5.74) is 4.94. The van der Waals surface area contributed by atoms with Gasteiger partial charge in [0, 0.05) is 53.6 Å². The van der Waals surface area contributed by atoms with Crippen LogP contribution >= 0.6 is 11.8 Å². The van der Waals surface area contributed by atoms with E-state index in [-0.39, 0.29) is 36.4 Å². The Morgan fingerprint density at radius 1 is 0.953 bits per heavy atom. The first kappa shape index (κ1) is 42.2. The van der Waals surface area contributed by atoms with E-state index >= 15 is 4.79 Å². The molecule has 4 aromatic rings. The van der Waals surface area contributed by atoms with Crippen LogP contribution in [0.15, 0.2) is 54.6 Å². The van der Waals surface area contributed by atoms with Crippen molar-refractivity contribution in [2.24, 2.45) is 0 Å². The van der Waals surface area contributed by atoms with Crippen molar-refractivity contribution in [2.45, 2.75) is 74.8 Å². The molecule has 0 amide bonds. The largest absolute Gasteiger partial charge is 0.504 e. The average Bonchev–Trinajstić information content (AvgIpc) is 3.78. The number of phenolic OH excluding ortho intramolecular Hbond substituents is 1. The van der Waals surface area contributed by atoms with Crippen molar-refractivity contribution in [2.75, 3.05) is 47.0 Å². The van der Waals surface area contributed by atoms with Crippen molar-refractivity contribution in [1.82, 2.24) is 15.1 Å². The standard InChI is InChI=1S/C48H49N3O12S/c1-23-16-28-17-30-46(55)51-31-20-59-47(56)48(29-19-32(57-5)33(18-27(29)14-15-49-48)63-34(53)13-12-26-10-8-7-9-11-26)21-64-45(39(51)38(50(30)4)35(28)40(54)41(23)58-6)37-36(31)44-43(60-22-61-44)24(2)42(37)62-25(3)52/h7-13,16,18-19,30-31,38-39,45-46,49,54-55H,14-15,17,20-22H2,1-6H3/b13-12+/t30-,31-,38-,39?,45-,46+,48-/m1/s1. The van der Waals surface area contributed by atoms with Crippen LogP contribution in [-0.4, -0.2) is 103 Å². The van der Waals surface area contributed by atoms with Gasteiger partial charge in [0.15, 0.2) is 40.0 Å². The number of hydrogen-bond acceptors (Lipinski definition) is 16. The summed E-state index contributed by atoms with van der Waals surface area (Å²) >= 11 is 1.45. The number of carbonyl (C=O) groups is 3. The van der Waals surface area contributed by atoms with Crippen LogP contribution in [0.4, 0.5) is 0 Å². The van der Waals surface area contributed by atoms with Gasteiger partial charge in [-0.1, -0.05) is 36.4 Å². The summed E-state index contributed by atoms with van der Waals surface area (Å²) in [6, 6.07) is 12.5. The Morgan fingerprint density at radius 2 is 1.73 bits per heavy atom. The number of aromatic hydroxyl groups is 1. The van der Waals surface area contributed by atoms with Gasteiger partial charge < -0.3 is 43.4 Å². The van der Waals surface area contributed by atoms with Crippen LogP contribution in [-0.2, 0) is 37.5 Å². The van der Waals surface area contributed by atoms with Gasteiger partial charge in [0.25, 0.3) is 0 Å². The van der Waals surface area contributed by atoms with Gasteiger partial charge in [0.2, 0.25) is 6.79 Å². The molecule has 4 aromatic carbocycles. The zero-order valence-electron chi connectivity index (χ0n) is 36.3. The highest BCUT2D eigenvalue weighted by molar-refractivity contribution is 7.99. The topological polar surface area (TPSA) is 175 Å². The predicted octanol–water partition coefficient (Wildman–Crippen LogP) is 5.33. The molecule has 7 heterocycles. The number of thioether (sulfide) groups is 1. The van der Waals surface area contributed by atoms with Crippen molar-refractivity contribution in [1.29, 1.82) is 0 Å². The van der Waals surface area contributed by atoms with E-state index in [2.05, 4.69) is 10.2 Å². The van der Waals surface area contributed by atoms with Gasteiger partial charge in [-0.3, -0.25) is 19.9 Å². The Bertz CT molecular complexity index is 2640. The molecule has 0 saturated carbocycles. The lowest BCUT2D eigenvalue weighted by molar-refractivity contribution is -0.186. The monoisotopic (exact) mass is 891 g/mol. The molecule has 15 nitrogen and oxygen atoms in total. The first-order valence-corrected chi connectivity index (χ1v) is 22.3. The molecule has 4 bridgehead atoms. The highest BCUT2D eigenvalue weighted by Gasteiger charge is 2.61. The van der Waals surface area contributed by atoms with Gasteiger partial charge in [0.1, 0.15) is 18.6 Å². The molecule has 0 aromatic heterocycles. The number of likely N-dealkylation sites (N-methyl/N-ethyl adjacent to an activating group) is 1. The maximum absolute atomic E-state index is 15.0. The quantitative estimate of drug-likeness (QED) is 0.129. The van der Waals surface area contributed by atoms with E-state index in [4.69, 9.17) is 33.2 Å². The molecule has 2 fully saturated rings. The van der Waals surface area contributed by atoms with Crippen LogP contribution < -0.4 is 33.7 Å². The highest BCUT2D eigenvalue weighted by atomic mass is 32.2. The van der Waals surface area contributed by atoms with Crippen LogP contribution in [0.25, 0.3) is 6.08 Å². The molecule has 0 radical (unpaired) electrons. The number of ether oxygens (including phenoxy) is 7. The number of aryl methyl sites for hydroxylation is 1. The lowest BCUT2D eigenvalue weighted by atomic mass is 9.73. The fourth-order valence-electron chi connectivity index (χ4n) is 10.9. The number of benzene rings is 4. The summed E-state index contributed by atoms with van der Waals surface area (Å²) < 4.78 is 42.4. The van der Waals surface area contributed by atoms with Crippen LogP contribution in [0.5, 0.6) is 40.2 Å². The summed E-state index contributed by atoms with van der Waals surface area (Å²) in [7, 11) is 4.96. The number of piperazine rings is 1. The molecule has 0 aliphatic carbocycles. The van der Waals surface area contributed by atoms with Crippen molar-refractivity contribution in [3.63, 3.8) is 0 Å². The molecule has 16 heteroatoms. The van der Waals surface area contributed by atoms with Crippen LogP contribution in [0, 0.1) is 13.8 Å². The SMILES string of the molecule is COc1cc2c(cc1OC(=O)/C=C/c1ccccc1)CCN[C@]21CS[C@@H]2c3c(OC(C)=O)c(C)c4c(c3[C@@H](COC1=O)N1C2[C@H]2c3c(cc(C)c(OC)c3O)C[C@H]([C@@H]1O)N2C)OCO4. The second-order valence-corrected chi connectivity index (χ2v) is 18.2. The first-order valence-electron chi connectivity index (χ1n) is 21.3. The molecule has 7 atom stereocenters. The maximum atomic E-state index is 15.0. The van der Waals surface area contributed by atoms with Crippen molar-refractivity contribution < 1.29 is 57.8 Å². The average molecular weight is 892 g/mol. The fourth-order valence-corrected chi connectivity index (χ4v) is 12.6. The third kappa shape index (κ3) is 6.43. The second-order valence-electron chi connectivity index (χ2n) is 17.1. The maximum Gasteiger partial charge on any atom is 0.336 e. The summed E-state index contributed by atoms with van der Waals surface area (Å²) in [4.78, 5) is 45.3. The Balaban J connectivity index is 1.14. The normalized spacial score (nSPS) is 26.6. The predicted molar refractivity (Wildman–Crippen MR) is 234 cm³/mol. The van der Waals surface area contributed by atoms with Gasteiger partial charge in [-0.2, -0.15) is 0 Å². The summed E-state index contributed by atoms with van der Waals surface area (Å²) in [5, 5.41) is 27.7. The Kier molecular flexibility index (Phi) is 10.6. The number of phenols is 1. The molecule has 7 aliphatic rings. The molecule has 11 rings (SSSR count). The minimum Gasteiger partial charge on any atom is -0.504 e. The molecule has 2 saturated heterocycles. The Morgan fingerprint density at radius 3 is 2.48 bits per heavy atom. The van der Waals surface area contributed by atoms with Crippen molar-refractivity contribution in [3.8, 4) is 40.2 Å². The van der Waals surface area contributed by atoms with Gasteiger partial charge in [-0.15, -0.1) is 11.8 Å². The van der Waals surface area contributed by atoms with Gasteiger partial charge in [-0.25, -0.2) is 9.59 Å². The number of aliphatic hydroxyl groups excluding tert-OH is 1. The Labute approximate surface area is 374 Å². The number of aliphatic hydroxyl groups is 1. The number of rotatable bonds is 6. The van der Waals surface area contributed by atoms with E-state index in [0.717, 1.165) is 22.3 Å². The molecule has 1 unspecified atom stereocenters. The molecule has 334 valence electrons. The number of esters is 3. The summed E-state index contributed by atoms with van der Waals surface area (Å²) in [6.07, 6.45) is 2.88. The van der Waals surface area contributed by atoms with E-state index in [1.165, 1.54) is 39.0 Å².